The highest BCUT2D eigenvalue weighted by atomic mass is 19.1. The number of carboxylic acids is 1. The molecule has 0 amide bonds. The van der Waals surface area contributed by atoms with E-state index in [-0.39, 0.29) is 30.0 Å². The SMILES string of the molecule is CC(C)CC[C@@H](C)N.COc1ccc([C@@H](C)N)cc1.C[C@@H](CN)c1ccccc1.C[C@@H](N)C(=O)O.C[C@@H](N)CCc1ccccc1.C[C@@H](N)c1ccc(F)cc1.C[C@@H](N)c1ccccc1.C[C@H](N)c1ccccc1. The van der Waals surface area contributed by atoms with Gasteiger partial charge in [0, 0.05) is 36.3 Å². The molecule has 0 spiro atoms. The highest BCUT2D eigenvalue weighted by Gasteiger charge is 2.02. The minimum atomic E-state index is -0.963. The van der Waals surface area contributed by atoms with Crippen molar-refractivity contribution in [1.82, 2.24) is 0 Å². The first-order chi connectivity index (χ1) is 34.9. The van der Waals surface area contributed by atoms with Crippen LogP contribution in [0.15, 0.2) is 170 Å². The average molecular weight is 1020 g/mol. The van der Waals surface area contributed by atoms with Gasteiger partial charge in [-0.1, -0.05) is 166 Å². The molecule has 0 aliphatic carbocycles. The number of hydrogen-bond donors (Lipinski definition) is 9. The van der Waals surface area contributed by atoms with Crippen molar-refractivity contribution in [3.8, 4) is 5.75 Å². The fraction of sp³-hybridized carbons (Fsp3) is 0.403. The van der Waals surface area contributed by atoms with Crippen molar-refractivity contribution in [3.05, 3.63) is 209 Å². The molecule has 0 aromatic heterocycles. The van der Waals surface area contributed by atoms with E-state index in [0.717, 1.165) is 48.6 Å². The summed E-state index contributed by atoms with van der Waals surface area (Å²) in [5, 5.41) is 7.87. The number of aliphatic carboxylic acids is 1. The Hall–Kier alpha value is -5.80. The van der Waals surface area contributed by atoms with Crippen LogP contribution < -0.4 is 50.6 Å². The van der Waals surface area contributed by atoms with Crippen LogP contribution in [-0.4, -0.2) is 42.9 Å². The van der Waals surface area contributed by atoms with Gasteiger partial charge in [-0.2, -0.15) is 0 Å². The van der Waals surface area contributed by atoms with Gasteiger partial charge < -0.3 is 55.7 Å². The summed E-state index contributed by atoms with van der Waals surface area (Å²) >= 11 is 0. The van der Waals surface area contributed by atoms with Gasteiger partial charge in [-0.05, 0) is 150 Å². The first-order valence-electron chi connectivity index (χ1n) is 25.7. The Labute approximate surface area is 446 Å². The number of rotatable bonds is 14. The van der Waals surface area contributed by atoms with Gasteiger partial charge in [-0.25, -0.2) is 4.39 Å². The maximum Gasteiger partial charge on any atom is 0.320 e. The van der Waals surface area contributed by atoms with E-state index in [9.17, 15) is 9.18 Å². The van der Waals surface area contributed by atoms with Crippen molar-refractivity contribution in [1.29, 1.82) is 0 Å². The fourth-order valence-electron chi connectivity index (χ4n) is 5.74. The molecule has 12 heteroatoms. The van der Waals surface area contributed by atoms with Gasteiger partial charge in [0.15, 0.2) is 0 Å². The van der Waals surface area contributed by atoms with Crippen molar-refractivity contribution in [2.24, 2.45) is 51.8 Å². The van der Waals surface area contributed by atoms with Crippen LogP contribution in [-0.2, 0) is 11.2 Å². The van der Waals surface area contributed by atoms with Crippen LogP contribution in [0.1, 0.15) is 152 Å². The molecule has 11 nitrogen and oxygen atoms in total. The maximum absolute atomic E-state index is 12.3. The number of aryl methyl sites for hydroxylation is 1. The van der Waals surface area contributed by atoms with E-state index in [0.29, 0.717) is 18.0 Å². The molecule has 0 aliphatic heterocycles. The summed E-state index contributed by atoms with van der Waals surface area (Å²) in [6, 6.07) is 55.3. The first-order valence-corrected chi connectivity index (χ1v) is 25.7. The molecule has 17 N–H and O–H groups in total. The second-order valence-corrected chi connectivity index (χ2v) is 18.9. The lowest BCUT2D eigenvalue weighted by Gasteiger charge is -2.06. The number of methoxy groups -OCH3 is 1. The number of carboxylic acid groups (broad SMARTS) is 1. The molecule has 0 saturated heterocycles. The molecule has 0 fully saturated rings. The van der Waals surface area contributed by atoms with Gasteiger partial charge in [-0.15, -0.1) is 0 Å². The van der Waals surface area contributed by atoms with E-state index < -0.39 is 12.0 Å². The van der Waals surface area contributed by atoms with Crippen LogP contribution in [0.2, 0.25) is 0 Å². The van der Waals surface area contributed by atoms with E-state index in [1.165, 1.54) is 47.7 Å². The number of benzene rings is 6. The lowest BCUT2D eigenvalue weighted by atomic mass is 10.0. The minimum absolute atomic E-state index is 0.0133. The Bertz CT molecular complexity index is 2110. The monoisotopic (exact) mass is 1020 g/mol. The van der Waals surface area contributed by atoms with E-state index in [1.54, 1.807) is 19.2 Å². The zero-order chi connectivity index (χ0) is 56.4. The van der Waals surface area contributed by atoms with Crippen molar-refractivity contribution >= 4 is 5.97 Å². The van der Waals surface area contributed by atoms with Crippen LogP contribution in [0.3, 0.4) is 0 Å². The van der Waals surface area contributed by atoms with Crippen LogP contribution in [0.5, 0.6) is 5.75 Å². The molecule has 0 unspecified atom stereocenters. The third-order valence-electron chi connectivity index (χ3n) is 10.7. The zero-order valence-electron chi connectivity index (χ0n) is 46.7. The molecule has 0 radical (unpaired) electrons. The first kappa shape index (κ1) is 70.3. The number of ether oxygens (including phenoxy) is 1. The average Bonchev–Trinajstić information content (AvgIpc) is 3.39. The highest BCUT2D eigenvalue weighted by molar-refractivity contribution is 5.72. The Morgan fingerprint density at radius 3 is 1.03 bits per heavy atom. The van der Waals surface area contributed by atoms with Gasteiger partial charge in [-0.3, -0.25) is 4.79 Å². The van der Waals surface area contributed by atoms with Gasteiger partial charge in [0.1, 0.15) is 17.6 Å². The molecular weight excluding hydrogens is 924 g/mol. The number of halogens is 1. The van der Waals surface area contributed by atoms with Gasteiger partial charge in [0.25, 0.3) is 0 Å². The number of hydrogen-bond acceptors (Lipinski definition) is 10. The molecule has 8 atom stereocenters. The lowest BCUT2D eigenvalue weighted by Crippen LogP contribution is -2.25. The molecule has 410 valence electrons. The standard InChI is InChI=1S/C10H15N.C9H13NO.C9H13N.C8H10FN.2C8H11N.C7H17N.C3H7NO2/c1-9(11)7-8-10-5-3-2-4-6-10;1-7(10)8-3-5-9(11-2)6-4-8;1-8(7-10)9-5-3-2-4-6-9;1-6(10)7-2-4-8(9)5-3-7;2*1-7(9)8-5-3-2-4-6-8;1-6(2)4-5-7(3)8;1-2(4)3(5)6/h2-6,9H,7-8,11H2,1H3;3-7H,10H2,1-2H3;2-6,8H,7,10H2,1H3;2-6H,10H2,1H3;2*2-7H,9H2,1H3;6-7H,4-5,8H2,1-3H3;2H,4H2,1H3,(H,5,6)/t9-;7-;8-;6-;3*7-;2-/m11011011/s1. The Kier molecular flexibility index (Phi) is 41.4. The second-order valence-electron chi connectivity index (χ2n) is 18.9. The summed E-state index contributed by atoms with van der Waals surface area (Å²) in [6.07, 6.45) is 4.60. The Morgan fingerprint density at radius 2 is 0.770 bits per heavy atom. The maximum atomic E-state index is 12.3. The summed E-state index contributed by atoms with van der Waals surface area (Å²) in [5.41, 5.74) is 51.1. The predicted octanol–water partition coefficient (Wildman–Crippen LogP) is 11.9. The molecule has 0 aliphatic rings. The zero-order valence-corrected chi connectivity index (χ0v) is 46.7. The van der Waals surface area contributed by atoms with E-state index >= 15 is 0 Å². The second kappa shape index (κ2) is 43.6. The summed E-state index contributed by atoms with van der Waals surface area (Å²) in [5.74, 6) is 0.982. The van der Waals surface area contributed by atoms with E-state index in [2.05, 4.69) is 64.1 Å². The number of carbonyl (C=O) groups is 1. The van der Waals surface area contributed by atoms with Crippen LogP contribution in [0.25, 0.3) is 0 Å². The third kappa shape index (κ3) is 39.7. The smallest absolute Gasteiger partial charge is 0.320 e. The topological polar surface area (TPSA) is 255 Å². The Balaban J connectivity index is 0. The summed E-state index contributed by atoms with van der Waals surface area (Å²) < 4.78 is 17.3. The van der Waals surface area contributed by atoms with E-state index in [4.69, 9.17) is 55.7 Å². The molecule has 0 heterocycles. The molecule has 0 saturated carbocycles. The molecular formula is C62H97FN8O3. The van der Waals surface area contributed by atoms with Crippen molar-refractivity contribution in [3.63, 3.8) is 0 Å². The number of nitrogens with two attached hydrogens (primary N) is 8. The van der Waals surface area contributed by atoms with Crippen LogP contribution in [0, 0.1) is 11.7 Å². The predicted molar refractivity (Wildman–Crippen MR) is 314 cm³/mol. The summed E-state index contributed by atoms with van der Waals surface area (Å²) in [6.45, 7) is 20.6. The van der Waals surface area contributed by atoms with Gasteiger partial charge in [0.05, 0.1) is 7.11 Å². The summed E-state index contributed by atoms with van der Waals surface area (Å²) in [4.78, 5) is 9.57. The summed E-state index contributed by atoms with van der Waals surface area (Å²) in [7, 11) is 1.65. The Morgan fingerprint density at radius 1 is 0.459 bits per heavy atom. The third-order valence-corrected chi connectivity index (χ3v) is 10.7. The minimum Gasteiger partial charge on any atom is -0.497 e. The fourth-order valence-corrected chi connectivity index (χ4v) is 5.74. The normalized spacial score (nSPS) is 13.2. The van der Waals surface area contributed by atoms with Crippen molar-refractivity contribution in [2.75, 3.05) is 13.7 Å². The molecule has 0 bridgehead atoms. The van der Waals surface area contributed by atoms with E-state index in [1.807, 2.05) is 144 Å². The quantitative estimate of drug-likeness (QED) is 0.0496. The van der Waals surface area contributed by atoms with Crippen molar-refractivity contribution in [2.45, 2.75) is 143 Å². The van der Waals surface area contributed by atoms with Crippen LogP contribution >= 0.6 is 0 Å². The lowest BCUT2D eigenvalue weighted by molar-refractivity contribution is -0.138. The van der Waals surface area contributed by atoms with Gasteiger partial charge in [0.2, 0.25) is 0 Å². The molecule has 6 aromatic rings. The van der Waals surface area contributed by atoms with Gasteiger partial charge >= 0.3 is 5.97 Å². The highest BCUT2D eigenvalue weighted by Crippen LogP contribution is 2.16. The largest absolute Gasteiger partial charge is 0.497 e. The molecule has 6 rings (SSSR count). The molecule has 6 aromatic carbocycles. The van der Waals surface area contributed by atoms with Crippen LogP contribution in [0.4, 0.5) is 4.39 Å². The van der Waals surface area contributed by atoms with Crippen molar-refractivity contribution < 1.29 is 19.0 Å². The molecule has 74 heavy (non-hydrogen) atoms.